The summed E-state index contributed by atoms with van der Waals surface area (Å²) in [6.07, 6.45) is 8.68. The zero-order valence-corrected chi connectivity index (χ0v) is 19.0. The first-order chi connectivity index (χ1) is 15.0. The van der Waals surface area contributed by atoms with Crippen LogP contribution in [0.25, 0.3) is 5.69 Å². The lowest BCUT2D eigenvalue weighted by Gasteiger charge is -2.30. The Bertz CT molecular complexity index is 978. The van der Waals surface area contributed by atoms with E-state index >= 15 is 0 Å². The second-order valence-electron chi connectivity index (χ2n) is 8.53. The minimum absolute atomic E-state index is 0.229. The molecule has 1 saturated carbocycles. The van der Waals surface area contributed by atoms with Gasteiger partial charge in [0.15, 0.2) is 0 Å². The summed E-state index contributed by atoms with van der Waals surface area (Å²) in [6.45, 7) is 1.44. The van der Waals surface area contributed by atoms with Crippen molar-refractivity contribution in [2.75, 3.05) is 19.0 Å². The van der Waals surface area contributed by atoms with Crippen LogP contribution in [-0.4, -0.2) is 34.6 Å². The van der Waals surface area contributed by atoms with Crippen LogP contribution in [-0.2, 0) is 13.1 Å². The molecule has 1 aliphatic carbocycles. The maximum absolute atomic E-state index is 13.3. The summed E-state index contributed by atoms with van der Waals surface area (Å²) in [5.74, 6) is 0.717. The Morgan fingerprint density at radius 3 is 2.32 bits per heavy atom. The molecule has 1 heterocycles. The van der Waals surface area contributed by atoms with E-state index in [9.17, 15) is 4.39 Å². The van der Waals surface area contributed by atoms with Crippen LogP contribution in [0.4, 0.5) is 10.1 Å². The van der Waals surface area contributed by atoms with Gasteiger partial charge in [0.2, 0.25) is 0 Å². The summed E-state index contributed by atoms with van der Waals surface area (Å²) in [5, 5.41) is 0.714. The number of benzene rings is 2. The molecule has 0 amide bonds. The topological polar surface area (TPSA) is 24.3 Å². The molecule has 1 aliphatic rings. The second kappa shape index (κ2) is 9.84. The first kappa shape index (κ1) is 21.8. The Kier molecular flexibility index (Phi) is 6.93. The summed E-state index contributed by atoms with van der Waals surface area (Å²) in [4.78, 5) is 9.53. The third-order valence-electron chi connectivity index (χ3n) is 6.19. The number of anilines is 1. The number of rotatable bonds is 7. The molecule has 4 rings (SSSR count). The van der Waals surface area contributed by atoms with Gasteiger partial charge in [0, 0.05) is 42.2 Å². The normalized spacial score (nSPS) is 14.9. The molecule has 0 saturated heterocycles. The van der Waals surface area contributed by atoms with E-state index in [0.717, 1.165) is 29.4 Å². The van der Waals surface area contributed by atoms with Gasteiger partial charge in [-0.2, -0.15) is 0 Å². The molecular weight excluding hydrogens is 411 g/mol. The van der Waals surface area contributed by atoms with Gasteiger partial charge in [0.25, 0.3) is 0 Å². The molecule has 1 fully saturated rings. The fourth-order valence-corrected chi connectivity index (χ4v) is 4.52. The zero-order valence-electron chi connectivity index (χ0n) is 18.3. The highest BCUT2D eigenvalue weighted by Gasteiger charge is 2.20. The van der Waals surface area contributed by atoms with Crippen molar-refractivity contribution in [3.8, 4) is 5.69 Å². The van der Waals surface area contributed by atoms with Crippen molar-refractivity contribution in [3.63, 3.8) is 0 Å². The molecular formula is C25H30ClFN4. The minimum Gasteiger partial charge on any atom is -0.367 e. The van der Waals surface area contributed by atoms with Crippen LogP contribution in [0, 0.1) is 5.82 Å². The lowest BCUT2D eigenvalue weighted by atomic mass is 9.94. The first-order valence-corrected chi connectivity index (χ1v) is 11.4. The molecule has 3 aromatic rings. The highest BCUT2D eigenvalue weighted by Crippen LogP contribution is 2.24. The van der Waals surface area contributed by atoms with Gasteiger partial charge in [0.1, 0.15) is 11.6 Å². The number of hydrogen-bond donors (Lipinski definition) is 0. The van der Waals surface area contributed by atoms with Gasteiger partial charge in [-0.05, 0) is 68.4 Å². The summed E-state index contributed by atoms with van der Waals surface area (Å²) in [7, 11) is 4.21. The monoisotopic (exact) mass is 440 g/mol. The van der Waals surface area contributed by atoms with Crippen LogP contribution < -0.4 is 4.90 Å². The van der Waals surface area contributed by atoms with Crippen molar-refractivity contribution >= 4 is 17.3 Å². The molecule has 1 aromatic heterocycles. The van der Waals surface area contributed by atoms with Crippen LogP contribution >= 0.6 is 11.6 Å². The molecule has 2 aromatic carbocycles. The van der Waals surface area contributed by atoms with Crippen LogP contribution in [0.3, 0.4) is 0 Å². The molecule has 0 bridgehead atoms. The van der Waals surface area contributed by atoms with Gasteiger partial charge in [-0.1, -0.05) is 30.9 Å². The maximum atomic E-state index is 13.3. The number of halogens is 2. The van der Waals surface area contributed by atoms with Crippen molar-refractivity contribution in [3.05, 3.63) is 77.1 Å². The van der Waals surface area contributed by atoms with E-state index < -0.39 is 0 Å². The second-order valence-corrected chi connectivity index (χ2v) is 8.97. The Balaban J connectivity index is 1.58. The van der Waals surface area contributed by atoms with E-state index in [1.54, 1.807) is 12.1 Å². The molecule has 0 atom stereocenters. The van der Waals surface area contributed by atoms with Crippen LogP contribution in [0.15, 0.2) is 54.7 Å². The SMILES string of the molecule is CN(Cc1nc(CN(C)C2CCCCC2)cn1-c1ccc(Cl)cc1)c1ccc(F)cc1. The van der Waals surface area contributed by atoms with Crippen molar-refractivity contribution in [1.82, 2.24) is 14.5 Å². The van der Waals surface area contributed by atoms with E-state index in [1.165, 1.54) is 44.2 Å². The van der Waals surface area contributed by atoms with E-state index in [-0.39, 0.29) is 5.82 Å². The fourth-order valence-electron chi connectivity index (χ4n) is 4.39. The third-order valence-corrected chi connectivity index (χ3v) is 6.44. The van der Waals surface area contributed by atoms with E-state index in [4.69, 9.17) is 16.6 Å². The Morgan fingerprint density at radius 1 is 0.968 bits per heavy atom. The lowest BCUT2D eigenvalue weighted by molar-refractivity contribution is 0.183. The van der Waals surface area contributed by atoms with Gasteiger partial charge < -0.3 is 9.47 Å². The third kappa shape index (κ3) is 5.46. The Labute approximate surface area is 189 Å². The van der Waals surface area contributed by atoms with Crippen molar-refractivity contribution < 1.29 is 4.39 Å². The number of nitrogens with zero attached hydrogens (tertiary/aromatic N) is 4. The molecule has 4 nitrogen and oxygen atoms in total. The molecule has 0 N–H and O–H groups in total. The summed E-state index contributed by atoms with van der Waals surface area (Å²) in [5.41, 5.74) is 3.05. The van der Waals surface area contributed by atoms with E-state index in [0.29, 0.717) is 17.6 Å². The Morgan fingerprint density at radius 2 is 1.65 bits per heavy atom. The molecule has 0 spiro atoms. The Hall–Kier alpha value is -2.37. The molecule has 31 heavy (non-hydrogen) atoms. The van der Waals surface area contributed by atoms with Gasteiger partial charge in [0.05, 0.1) is 12.2 Å². The summed E-state index contributed by atoms with van der Waals surface area (Å²) < 4.78 is 15.5. The predicted molar refractivity (Wildman–Crippen MR) is 125 cm³/mol. The molecule has 0 aliphatic heterocycles. The first-order valence-electron chi connectivity index (χ1n) is 11.0. The van der Waals surface area contributed by atoms with Crippen LogP contribution in [0.1, 0.15) is 43.6 Å². The van der Waals surface area contributed by atoms with E-state index in [1.807, 2.05) is 31.3 Å². The van der Waals surface area contributed by atoms with Crippen LogP contribution in [0.5, 0.6) is 0 Å². The van der Waals surface area contributed by atoms with Gasteiger partial charge >= 0.3 is 0 Å². The number of aromatic nitrogens is 2. The molecule has 0 unspecified atom stereocenters. The van der Waals surface area contributed by atoms with Crippen molar-refractivity contribution in [1.29, 1.82) is 0 Å². The summed E-state index contributed by atoms with van der Waals surface area (Å²) in [6, 6.07) is 15.0. The smallest absolute Gasteiger partial charge is 0.133 e. The minimum atomic E-state index is -0.229. The quantitative estimate of drug-likeness (QED) is 0.446. The van der Waals surface area contributed by atoms with Crippen molar-refractivity contribution in [2.24, 2.45) is 0 Å². The molecule has 6 heteroatoms. The number of imidazole rings is 1. The van der Waals surface area contributed by atoms with E-state index in [2.05, 4.69) is 27.6 Å². The predicted octanol–water partition coefficient (Wildman–Crippen LogP) is 6.07. The molecule has 164 valence electrons. The van der Waals surface area contributed by atoms with Crippen molar-refractivity contribution in [2.45, 2.75) is 51.2 Å². The average molecular weight is 441 g/mol. The molecule has 0 radical (unpaired) electrons. The zero-order chi connectivity index (χ0) is 21.8. The average Bonchev–Trinajstić information content (AvgIpc) is 3.17. The van der Waals surface area contributed by atoms with Gasteiger partial charge in [-0.3, -0.25) is 4.90 Å². The standard InChI is InChI=1S/C25H30ClFN4/c1-29(22-6-4-3-5-7-22)16-21-17-31(24-12-8-19(26)9-13-24)25(28-21)18-30(2)23-14-10-20(27)11-15-23/h8-15,17,22H,3-7,16,18H2,1-2H3. The number of hydrogen-bond acceptors (Lipinski definition) is 3. The van der Waals surface area contributed by atoms with Crippen LogP contribution in [0.2, 0.25) is 5.02 Å². The highest BCUT2D eigenvalue weighted by molar-refractivity contribution is 6.30. The summed E-state index contributed by atoms with van der Waals surface area (Å²) >= 11 is 6.11. The largest absolute Gasteiger partial charge is 0.367 e. The van der Waals surface area contributed by atoms with Gasteiger partial charge in [-0.25, -0.2) is 9.37 Å². The highest BCUT2D eigenvalue weighted by atomic mass is 35.5. The maximum Gasteiger partial charge on any atom is 0.133 e. The lowest BCUT2D eigenvalue weighted by Crippen LogP contribution is -2.33. The van der Waals surface area contributed by atoms with Gasteiger partial charge in [-0.15, -0.1) is 0 Å². The fraction of sp³-hybridized carbons (Fsp3) is 0.400.